The number of aryl methyl sites for hydroxylation is 1. The van der Waals surface area contributed by atoms with Gasteiger partial charge < -0.3 is 4.74 Å². The van der Waals surface area contributed by atoms with Gasteiger partial charge >= 0.3 is 0 Å². The molecule has 0 amide bonds. The van der Waals surface area contributed by atoms with Gasteiger partial charge in [0.25, 0.3) is 6.47 Å². The van der Waals surface area contributed by atoms with E-state index in [1.165, 1.54) is 31.2 Å². The molecule has 0 fully saturated rings. The minimum atomic E-state index is 0.455. The van der Waals surface area contributed by atoms with Crippen LogP contribution in [0.4, 0.5) is 0 Å². The van der Waals surface area contributed by atoms with Crippen LogP contribution in [0.1, 0.15) is 38.2 Å². The van der Waals surface area contributed by atoms with Crippen LogP contribution in [0.15, 0.2) is 24.3 Å². The molecule has 0 saturated carbocycles. The van der Waals surface area contributed by atoms with Gasteiger partial charge in [-0.3, -0.25) is 4.79 Å². The van der Waals surface area contributed by atoms with Crippen molar-refractivity contribution in [2.75, 3.05) is 0 Å². The summed E-state index contributed by atoms with van der Waals surface area (Å²) in [7, 11) is 0. The number of rotatable bonds is 7. The molecule has 2 heteroatoms. The number of unbranched alkanes of at least 4 members (excludes halogenated alkanes) is 3. The Balaban J connectivity index is 2.32. The van der Waals surface area contributed by atoms with Crippen molar-refractivity contribution in [3.8, 4) is 5.75 Å². The maximum Gasteiger partial charge on any atom is 0.298 e. The lowest BCUT2D eigenvalue weighted by molar-refractivity contribution is -0.120. The molecule has 2 nitrogen and oxygen atoms in total. The van der Waals surface area contributed by atoms with Crippen LogP contribution >= 0.6 is 0 Å². The van der Waals surface area contributed by atoms with Crippen LogP contribution in [0.5, 0.6) is 5.75 Å². The number of ether oxygens (including phenoxy) is 1. The molecular weight excluding hydrogens is 188 g/mol. The van der Waals surface area contributed by atoms with E-state index in [-0.39, 0.29) is 0 Å². The highest BCUT2D eigenvalue weighted by molar-refractivity contribution is 5.45. The van der Waals surface area contributed by atoms with Crippen LogP contribution in [0, 0.1) is 0 Å². The van der Waals surface area contributed by atoms with Gasteiger partial charge in [0.2, 0.25) is 0 Å². The molecule has 0 aliphatic heterocycles. The zero-order chi connectivity index (χ0) is 10.9. The zero-order valence-corrected chi connectivity index (χ0v) is 9.24. The van der Waals surface area contributed by atoms with Crippen molar-refractivity contribution in [1.29, 1.82) is 0 Å². The molecule has 0 N–H and O–H groups in total. The molecule has 0 spiro atoms. The summed E-state index contributed by atoms with van der Waals surface area (Å²) in [5.41, 5.74) is 1.31. The first-order valence-electron chi connectivity index (χ1n) is 5.56. The standard InChI is InChI=1S/C13H18O2/c1-2-3-4-5-6-12-7-9-13(10-8-12)15-11-14/h7-11H,2-6H2,1H3. The van der Waals surface area contributed by atoms with Crippen molar-refractivity contribution in [2.24, 2.45) is 0 Å². The largest absolute Gasteiger partial charge is 0.429 e. The van der Waals surface area contributed by atoms with Gasteiger partial charge in [-0.2, -0.15) is 0 Å². The maximum atomic E-state index is 10.1. The van der Waals surface area contributed by atoms with Crippen molar-refractivity contribution < 1.29 is 9.53 Å². The van der Waals surface area contributed by atoms with Crippen molar-refractivity contribution >= 4 is 6.47 Å². The predicted octanol–water partition coefficient (Wildman–Crippen LogP) is 3.34. The Morgan fingerprint density at radius 3 is 2.47 bits per heavy atom. The number of carbonyl (C=O) groups excluding carboxylic acids is 1. The molecule has 0 heterocycles. The third kappa shape index (κ3) is 4.63. The average Bonchev–Trinajstić information content (AvgIpc) is 2.27. The van der Waals surface area contributed by atoms with E-state index < -0.39 is 0 Å². The molecule has 0 bridgehead atoms. The fourth-order valence-electron chi connectivity index (χ4n) is 1.55. The molecule has 0 saturated heterocycles. The molecule has 0 unspecified atom stereocenters. The molecule has 82 valence electrons. The van der Waals surface area contributed by atoms with Crippen molar-refractivity contribution in [2.45, 2.75) is 39.0 Å². The van der Waals surface area contributed by atoms with Crippen LogP contribution in [-0.4, -0.2) is 6.47 Å². The topological polar surface area (TPSA) is 26.3 Å². The molecule has 15 heavy (non-hydrogen) atoms. The van der Waals surface area contributed by atoms with Gasteiger partial charge in [-0.05, 0) is 30.5 Å². The van der Waals surface area contributed by atoms with Crippen molar-refractivity contribution in [3.63, 3.8) is 0 Å². The molecule has 1 rings (SSSR count). The number of benzene rings is 1. The summed E-state index contributed by atoms with van der Waals surface area (Å²) in [6.45, 7) is 2.67. The predicted molar refractivity (Wildman–Crippen MR) is 61.0 cm³/mol. The third-order valence-corrected chi connectivity index (χ3v) is 2.43. The molecule has 0 aliphatic carbocycles. The molecule has 0 aliphatic rings. The van der Waals surface area contributed by atoms with Crippen molar-refractivity contribution in [1.82, 2.24) is 0 Å². The fourth-order valence-corrected chi connectivity index (χ4v) is 1.55. The minimum Gasteiger partial charge on any atom is -0.429 e. The monoisotopic (exact) mass is 206 g/mol. The van der Waals surface area contributed by atoms with Gasteiger partial charge in [0.1, 0.15) is 5.75 Å². The van der Waals surface area contributed by atoms with Crippen LogP contribution in [0.3, 0.4) is 0 Å². The lowest BCUT2D eigenvalue weighted by atomic mass is 10.1. The molecule has 1 aromatic carbocycles. The molecule has 0 radical (unpaired) electrons. The second kappa shape index (κ2) is 7.04. The lowest BCUT2D eigenvalue weighted by Gasteiger charge is -2.02. The van der Waals surface area contributed by atoms with E-state index in [0.717, 1.165) is 6.42 Å². The van der Waals surface area contributed by atoms with E-state index in [1.54, 1.807) is 0 Å². The zero-order valence-electron chi connectivity index (χ0n) is 9.24. The Hall–Kier alpha value is -1.31. The smallest absolute Gasteiger partial charge is 0.298 e. The summed E-state index contributed by atoms with van der Waals surface area (Å²) in [5.74, 6) is 0.613. The first kappa shape index (κ1) is 11.8. The highest BCUT2D eigenvalue weighted by Gasteiger charge is 1.95. The minimum absolute atomic E-state index is 0.455. The summed E-state index contributed by atoms with van der Waals surface area (Å²) in [6.07, 6.45) is 6.23. The van der Waals surface area contributed by atoms with Crippen LogP contribution in [0.25, 0.3) is 0 Å². The first-order valence-corrected chi connectivity index (χ1v) is 5.56. The second-order valence-corrected chi connectivity index (χ2v) is 3.67. The number of carbonyl (C=O) groups is 1. The Labute approximate surface area is 91.3 Å². The molecule has 0 atom stereocenters. The summed E-state index contributed by atoms with van der Waals surface area (Å²) in [5, 5.41) is 0. The van der Waals surface area contributed by atoms with Gasteiger partial charge in [-0.25, -0.2) is 0 Å². The van der Waals surface area contributed by atoms with Gasteiger partial charge in [0.15, 0.2) is 0 Å². The summed E-state index contributed by atoms with van der Waals surface area (Å²) in [6, 6.07) is 7.71. The number of hydrogen-bond donors (Lipinski definition) is 0. The van der Waals surface area contributed by atoms with E-state index in [4.69, 9.17) is 4.74 Å². The maximum absolute atomic E-state index is 10.1. The first-order chi connectivity index (χ1) is 7.36. The van der Waals surface area contributed by atoms with E-state index in [0.29, 0.717) is 12.2 Å². The van der Waals surface area contributed by atoms with E-state index >= 15 is 0 Å². The third-order valence-electron chi connectivity index (χ3n) is 2.43. The Morgan fingerprint density at radius 2 is 1.87 bits per heavy atom. The molecular formula is C13H18O2. The van der Waals surface area contributed by atoms with E-state index in [9.17, 15) is 4.79 Å². The molecule has 0 aromatic heterocycles. The fraction of sp³-hybridized carbons (Fsp3) is 0.462. The Morgan fingerprint density at radius 1 is 1.13 bits per heavy atom. The van der Waals surface area contributed by atoms with Gasteiger partial charge in [0, 0.05) is 0 Å². The summed E-state index contributed by atoms with van der Waals surface area (Å²) >= 11 is 0. The normalized spacial score (nSPS) is 9.93. The van der Waals surface area contributed by atoms with E-state index in [1.807, 2.05) is 24.3 Å². The summed E-state index contributed by atoms with van der Waals surface area (Å²) < 4.78 is 4.72. The average molecular weight is 206 g/mol. The highest BCUT2D eigenvalue weighted by Crippen LogP contribution is 2.13. The van der Waals surface area contributed by atoms with Gasteiger partial charge in [-0.15, -0.1) is 0 Å². The quantitative estimate of drug-likeness (QED) is 0.505. The van der Waals surface area contributed by atoms with E-state index in [2.05, 4.69) is 6.92 Å². The second-order valence-electron chi connectivity index (χ2n) is 3.67. The lowest BCUT2D eigenvalue weighted by Crippen LogP contribution is -1.90. The van der Waals surface area contributed by atoms with Crippen molar-refractivity contribution in [3.05, 3.63) is 29.8 Å². The highest BCUT2D eigenvalue weighted by atomic mass is 16.5. The van der Waals surface area contributed by atoms with Gasteiger partial charge in [-0.1, -0.05) is 38.3 Å². The molecule has 1 aromatic rings. The number of hydrogen-bond acceptors (Lipinski definition) is 2. The van der Waals surface area contributed by atoms with Crippen LogP contribution in [-0.2, 0) is 11.2 Å². The Bertz CT molecular complexity index is 277. The SMILES string of the molecule is CCCCCCc1ccc(OC=O)cc1. The van der Waals surface area contributed by atoms with Crippen LogP contribution in [0.2, 0.25) is 0 Å². The van der Waals surface area contributed by atoms with Gasteiger partial charge in [0.05, 0.1) is 0 Å². The summed E-state index contributed by atoms with van der Waals surface area (Å²) in [4.78, 5) is 10.1. The Kier molecular flexibility index (Phi) is 5.52. The van der Waals surface area contributed by atoms with Crippen LogP contribution < -0.4 is 4.74 Å².